The van der Waals surface area contributed by atoms with Crippen molar-refractivity contribution in [2.75, 3.05) is 6.54 Å². The van der Waals surface area contributed by atoms with Crippen LogP contribution in [0.5, 0.6) is 0 Å². The van der Waals surface area contributed by atoms with E-state index in [0.29, 0.717) is 17.6 Å². The first-order valence-electron chi connectivity index (χ1n) is 8.48. The highest BCUT2D eigenvalue weighted by Gasteiger charge is 2.67. The van der Waals surface area contributed by atoms with E-state index in [1.54, 1.807) is 12.1 Å². The predicted octanol–water partition coefficient (Wildman–Crippen LogP) is 0.949. The molecule has 1 aromatic heterocycles. The summed E-state index contributed by atoms with van der Waals surface area (Å²) in [5.41, 5.74) is 0. The number of likely N-dealkylation sites (tertiary alicyclic amines) is 1. The van der Waals surface area contributed by atoms with Gasteiger partial charge in [0.05, 0.1) is 24.6 Å². The molecule has 6 atom stereocenters. The summed E-state index contributed by atoms with van der Waals surface area (Å²) < 4.78 is 5.16. The largest absolute Gasteiger partial charge is 0.467 e. The van der Waals surface area contributed by atoms with Crippen LogP contribution in [0.1, 0.15) is 12.2 Å². The molecule has 2 saturated carbocycles. The number of hydrogen-bond donors (Lipinski definition) is 1. The first kappa shape index (κ1) is 14.0. The summed E-state index contributed by atoms with van der Waals surface area (Å²) >= 11 is 0. The topological polar surface area (TPSA) is 79.6 Å². The monoisotopic (exact) mass is 326 g/mol. The average Bonchev–Trinajstić information content (AvgIpc) is 3.19. The molecule has 0 radical (unpaired) electrons. The van der Waals surface area contributed by atoms with E-state index in [-0.39, 0.29) is 54.5 Å². The van der Waals surface area contributed by atoms with E-state index in [0.717, 1.165) is 6.42 Å². The highest BCUT2D eigenvalue weighted by Crippen LogP contribution is 2.65. The highest BCUT2D eigenvalue weighted by molar-refractivity contribution is 6.08. The van der Waals surface area contributed by atoms with Crippen LogP contribution >= 0.6 is 0 Å². The Balaban J connectivity index is 1.29. The fourth-order valence-electron chi connectivity index (χ4n) is 4.97. The molecule has 1 N–H and O–H groups in total. The lowest BCUT2D eigenvalue weighted by Gasteiger charge is -2.37. The van der Waals surface area contributed by atoms with Gasteiger partial charge in [0, 0.05) is 0 Å². The molecule has 0 aromatic carbocycles. The zero-order valence-electron chi connectivity index (χ0n) is 13.1. The third-order valence-corrected chi connectivity index (χ3v) is 6.10. The van der Waals surface area contributed by atoms with Crippen LogP contribution in [0.3, 0.4) is 0 Å². The van der Waals surface area contributed by atoms with Gasteiger partial charge in [-0.1, -0.05) is 12.2 Å². The Morgan fingerprint density at radius 3 is 2.42 bits per heavy atom. The summed E-state index contributed by atoms with van der Waals surface area (Å²) in [6.07, 6.45) is 6.94. The van der Waals surface area contributed by atoms with Gasteiger partial charge in [-0.3, -0.25) is 19.3 Å². The first-order chi connectivity index (χ1) is 11.6. The number of amides is 3. The van der Waals surface area contributed by atoms with Gasteiger partial charge in [0.15, 0.2) is 0 Å². The van der Waals surface area contributed by atoms with Crippen molar-refractivity contribution in [1.82, 2.24) is 10.2 Å². The van der Waals surface area contributed by atoms with Gasteiger partial charge in [-0.05, 0) is 42.2 Å². The van der Waals surface area contributed by atoms with Gasteiger partial charge in [-0.25, -0.2) is 0 Å². The van der Waals surface area contributed by atoms with E-state index in [1.807, 2.05) is 0 Å². The number of hydrogen-bond acceptors (Lipinski definition) is 4. The minimum atomic E-state index is -0.336. The van der Waals surface area contributed by atoms with Gasteiger partial charge in [0.2, 0.25) is 17.7 Å². The van der Waals surface area contributed by atoms with Crippen molar-refractivity contribution in [3.05, 3.63) is 36.3 Å². The Morgan fingerprint density at radius 2 is 1.83 bits per heavy atom. The van der Waals surface area contributed by atoms with Crippen LogP contribution in [0.2, 0.25) is 0 Å². The third kappa shape index (κ3) is 1.85. The lowest BCUT2D eigenvalue weighted by molar-refractivity contribution is -0.143. The summed E-state index contributed by atoms with van der Waals surface area (Å²) in [7, 11) is 0. The van der Waals surface area contributed by atoms with E-state index in [9.17, 15) is 14.4 Å². The van der Waals surface area contributed by atoms with Gasteiger partial charge in [0.1, 0.15) is 12.3 Å². The lowest BCUT2D eigenvalue weighted by Crippen LogP contribution is -2.41. The van der Waals surface area contributed by atoms with E-state index in [2.05, 4.69) is 17.5 Å². The van der Waals surface area contributed by atoms with Gasteiger partial charge in [-0.2, -0.15) is 0 Å². The van der Waals surface area contributed by atoms with E-state index in [4.69, 9.17) is 4.42 Å². The molecular formula is C18H18N2O4. The van der Waals surface area contributed by atoms with Crippen molar-refractivity contribution >= 4 is 17.7 Å². The van der Waals surface area contributed by atoms with Crippen molar-refractivity contribution in [3.63, 3.8) is 0 Å². The average molecular weight is 326 g/mol. The Bertz CT molecular complexity index is 717. The molecule has 5 aliphatic rings. The second kappa shape index (κ2) is 4.82. The molecule has 0 spiro atoms. The minimum absolute atomic E-state index is 0.164. The molecule has 3 amide bonds. The van der Waals surface area contributed by atoms with Crippen molar-refractivity contribution < 1.29 is 18.8 Å². The maximum Gasteiger partial charge on any atom is 0.240 e. The Morgan fingerprint density at radius 1 is 1.17 bits per heavy atom. The minimum Gasteiger partial charge on any atom is -0.467 e. The van der Waals surface area contributed by atoms with Gasteiger partial charge < -0.3 is 9.73 Å². The SMILES string of the molecule is O=C(CN1C(=O)[C@@H]2[C@H]3C=C[C@@H]([C@@H]4C[C@@H]34)[C@@H]2C1=O)NCc1ccco1. The van der Waals surface area contributed by atoms with Crippen molar-refractivity contribution in [2.24, 2.45) is 35.5 Å². The third-order valence-electron chi connectivity index (χ3n) is 6.10. The summed E-state index contributed by atoms with van der Waals surface area (Å²) in [5, 5.41) is 2.70. The molecule has 6 heteroatoms. The Kier molecular flexibility index (Phi) is 2.81. The molecule has 6 rings (SSSR count). The molecule has 6 nitrogen and oxygen atoms in total. The fraction of sp³-hybridized carbons (Fsp3) is 0.500. The summed E-state index contributed by atoms with van der Waals surface area (Å²) in [5.74, 6) is 1.02. The van der Waals surface area contributed by atoms with Crippen LogP contribution < -0.4 is 5.32 Å². The molecular weight excluding hydrogens is 308 g/mol. The number of nitrogens with zero attached hydrogens (tertiary/aromatic N) is 1. The fourth-order valence-corrected chi connectivity index (χ4v) is 4.97. The second-order valence-corrected chi connectivity index (χ2v) is 7.27. The highest BCUT2D eigenvalue weighted by atomic mass is 16.3. The molecule has 3 fully saturated rings. The van der Waals surface area contributed by atoms with Crippen LogP contribution in [-0.4, -0.2) is 29.2 Å². The van der Waals surface area contributed by atoms with Gasteiger partial charge >= 0.3 is 0 Å². The van der Waals surface area contributed by atoms with E-state index >= 15 is 0 Å². The summed E-state index contributed by atoms with van der Waals surface area (Å²) in [4.78, 5) is 38.8. The van der Waals surface area contributed by atoms with Crippen molar-refractivity contribution in [2.45, 2.75) is 13.0 Å². The van der Waals surface area contributed by atoms with Crippen molar-refractivity contribution in [1.29, 1.82) is 0 Å². The number of carbonyl (C=O) groups excluding carboxylic acids is 3. The maximum atomic E-state index is 12.7. The number of furan rings is 1. The van der Waals surface area contributed by atoms with Gasteiger partial charge in [-0.15, -0.1) is 0 Å². The van der Waals surface area contributed by atoms with Crippen LogP contribution in [0.25, 0.3) is 0 Å². The standard InChI is InChI=1S/C18H18N2O4/c21-14(19-7-9-2-1-5-24-9)8-20-17(22)15-10-3-4-11(13-6-12(10)13)16(15)18(20)23/h1-5,10-13,15-16H,6-8H2,(H,19,21)/t10-,11-,12-,13-,15-,16+/m0/s1. The Hall–Kier alpha value is -2.37. The second-order valence-electron chi connectivity index (χ2n) is 7.27. The maximum absolute atomic E-state index is 12.7. The molecule has 1 aromatic rings. The van der Waals surface area contributed by atoms with E-state index in [1.165, 1.54) is 11.2 Å². The quantitative estimate of drug-likeness (QED) is 0.660. The zero-order chi connectivity index (χ0) is 16.4. The zero-order valence-corrected chi connectivity index (χ0v) is 13.1. The van der Waals surface area contributed by atoms with E-state index < -0.39 is 0 Å². The number of allylic oxidation sites excluding steroid dienone is 2. The number of carbonyl (C=O) groups is 3. The number of imide groups is 1. The number of rotatable bonds is 4. The summed E-state index contributed by atoms with van der Waals surface area (Å²) in [6.45, 7) is 0.0615. The molecule has 24 heavy (non-hydrogen) atoms. The smallest absolute Gasteiger partial charge is 0.240 e. The number of nitrogens with one attached hydrogen (secondary N) is 1. The van der Waals surface area contributed by atoms with Gasteiger partial charge in [0.25, 0.3) is 0 Å². The lowest BCUT2D eigenvalue weighted by atomic mass is 9.63. The molecule has 1 saturated heterocycles. The molecule has 2 heterocycles. The summed E-state index contributed by atoms with van der Waals surface area (Å²) in [6, 6.07) is 3.50. The Labute approximate surface area is 138 Å². The van der Waals surface area contributed by atoms with Crippen LogP contribution in [0.4, 0.5) is 0 Å². The first-order valence-corrected chi connectivity index (χ1v) is 8.48. The molecule has 1 aliphatic heterocycles. The molecule has 0 unspecified atom stereocenters. The normalized spacial score (nSPS) is 38.2. The predicted molar refractivity (Wildman–Crippen MR) is 82.0 cm³/mol. The molecule has 124 valence electrons. The molecule has 4 aliphatic carbocycles. The molecule has 2 bridgehead atoms. The van der Waals surface area contributed by atoms with Crippen molar-refractivity contribution in [3.8, 4) is 0 Å². The van der Waals surface area contributed by atoms with Crippen LogP contribution in [0.15, 0.2) is 35.0 Å². The van der Waals surface area contributed by atoms with Crippen LogP contribution in [0, 0.1) is 35.5 Å². The van der Waals surface area contributed by atoms with Crippen LogP contribution in [-0.2, 0) is 20.9 Å².